The lowest BCUT2D eigenvalue weighted by Gasteiger charge is -2.11. The number of hydrogen-bond donors (Lipinski definition) is 2. The normalized spacial score (nSPS) is 11.2. The molecular weight excluding hydrogens is 431 g/mol. The van der Waals surface area contributed by atoms with Crippen molar-refractivity contribution in [3.8, 4) is 28.3 Å². The van der Waals surface area contributed by atoms with Crippen LogP contribution in [0.3, 0.4) is 0 Å². The van der Waals surface area contributed by atoms with Gasteiger partial charge < -0.3 is 14.6 Å². The molecule has 0 atom stereocenters. The molecule has 2 aromatic carbocycles. The van der Waals surface area contributed by atoms with E-state index < -0.39 is 0 Å². The van der Waals surface area contributed by atoms with Crippen molar-refractivity contribution in [2.75, 3.05) is 19.0 Å². The smallest absolute Gasteiger partial charge is 0.131 e. The van der Waals surface area contributed by atoms with E-state index >= 15 is 0 Å². The van der Waals surface area contributed by atoms with E-state index in [0.29, 0.717) is 18.8 Å². The SMILES string of the molecule is COc1cc(F)cc2c1cc(C)n2CCNc1cc(-c2ccc(-c3cc(C)[nH]n3)cc2)ncn1. The van der Waals surface area contributed by atoms with Gasteiger partial charge in [0.15, 0.2) is 0 Å². The molecule has 0 saturated carbocycles. The van der Waals surface area contributed by atoms with Crippen LogP contribution in [0.5, 0.6) is 5.75 Å². The summed E-state index contributed by atoms with van der Waals surface area (Å²) in [5, 5.41) is 11.5. The lowest BCUT2D eigenvalue weighted by molar-refractivity contribution is 0.416. The van der Waals surface area contributed by atoms with E-state index in [-0.39, 0.29) is 5.82 Å². The zero-order chi connectivity index (χ0) is 23.7. The number of nitrogens with one attached hydrogen (secondary N) is 2. The van der Waals surface area contributed by atoms with Gasteiger partial charge in [0.2, 0.25) is 0 Å². The number of aromatic nitrogens is 5. The van der Waals surface area contributed by atoms with Crippen molar-refractivity contribution in [2.45, 2.75) is 20.4 Å². The van der Waals surface area contributed by atoms with Gasteiger partial charge in [-0.25, -0.2) is 14.4 Å². The van der Waals surface area contributed by atoms with Crippen molar-refractivity contribution in [3.63, 3.8) is 0 Å². The van der Waals surface area contributed by atoms with Gasteiger partial charge in [0.25, 0.3) is 0 Å². The Morgan fingerprint density at radius 1 is 0.971 bits per heavy atom. The molecule has 0 unspecified atom stereocenters. The molecule has 3 aromatic heterocycles. The zero-order valence-corrected chi connectivity index (χ0v) is 19.3. The summed E-state index contributed by atoms with van der Waals surface area (Å²) in [6, 6.07) is 17.0. The molecule has 0 aliphatic heterocycles. The van der Waals surface area contributed by atoms with Crippen molar-refractivity contribution >= 4 is 16.7 Å². The number of nitrogens with zero attached hydrogens (tertiary/aromatic N) is 4. The Balaban J connectivity index is 1.30. The third kappa shape index (κ3) is 4.22. The average Bonchev–Trinajstić information content (AvgIpc) is 3.42. The molecule has 5 rings (SSSR count). The Morgan fingerprint density at radius 3 is 2.44 bits per heavy atom. The zero-order valence-electron chi connectivity index (χ0n) is 19.3. The Hall–Kier alpha value is -4.20. The predicted octanol–water partition coefficient (Wildman–Crippen LogP) is 5.37. The standard InChI is InChI=1S/C26H25FN6O/c1-16-10-23(32-31-16)19-6-4-18(5-7-19)22-14-26(30-15-29-22)28-8-9-33-17(2)11-21-24(33)12-20(27)13-25(21)34-3/h4-7,10-15H,8-9H2,1-3H3,(H,31,32)(H,28,29,30). The first-order valence-electron chi connectivity index (χ1n) is 11.0. The van der Waals surface area contributed by atoms with Crippen LogP contribution < -0.4 is 10.1 Å². The van der Waals surface area contributed by atoms with E-state index in [1.54, 1.807) is 19.5 Å². The van der Waals surface area contributed by atoms with Gasteiger partial charge in [0, 0.05) is 53.1 Å². The third-order valence-electron chi connectivity index (χ3n) is 5.87. The van der Waals surface area contributed by atoms with Gasteiger partial charge >= 0.3 is 0 Å². The number of H-pyrrole nitrogens is 1. The molecule has 0 bridgehead atoms. The summed E-state index contributed by atoms with van der Waals surface area (Å²) in [6.45, 7) is 5.26. The molecule has 0 aliphatic rings. The highest BCUT2D eigenvalue weighted by Crippen LogP contribution is 2.30. The fourth-order valence-corrected chi connectivity index (χ4v) is 4.18. The summed E-state index contributed by atoms with van der Waals surface area (Å²) in [6.07, 6.45) is 1.55. The average molecular weight is 457 g/mol. The molecule has 0 fully saturated rings. The number of anilines is 1. The van der Waals surface area contributed by atoms with Crippen LogP contribution in [0, 0.1) is 19.7 Å². The van der Waals surface area contributed by atoms with Crippen LogP contribution in [0.15, 0.2) is 60.9 Å². The third-order valence-corrected chi connectivity index (χ3v) is 5.87. The van der Waals surface area contributed by atoms with Crippen LogP contribution in [-0.2, 0) is 6.54 Å². The number of benzene rings is 2. The minimum atomic E-state index is -0.314. The number of hydrogen-bond acceptors (Lipinski definition) is 5. The number of methoxy groups -OCH3 is 1. The summed E-state index contributed by atoms with van der Waals surface area (Å²) >= 11 is 0. The molecule has 5 aromatic rings. The Morgan fingerprint density at radius 2 is 1.74 bits per heavy atom. The van der Waals surface area contributed by atoms with Crippen molar-refractivity contribution in [1.82, 2.24) is 24.7 Å². The van der Waals surface area contributed by atoms with Gasteiger partial charge in [0.1, 0.15) is 23.7 Å². The summed E-state index contributed by atoms with van der Waals surface area (Å²) in [7, 11) is 1.56. The molecule has 0 amide bonds. The number of aromatic amines is 1. The minimum Gasteiger partial charge on any atom is -0.496 e. The maximum absolute atomic E-state index is 14.1. The molecule has 0 spiro atoms. The van der Waals surface area contributed by atoms with E-state index in [9.17, 15) is 4.39 Å². The number of fused-ring (bicyclic) bond motifs is 1. The summed E-state index contributed by atoms with van der Waals surface area (Å²) in [5.41, 5.74) is 6.66. The lowest BCUT2D eigenvalue weighted by atomic mass is 10.1. The van der Waals surface area contributed by atoms with E-state index in [2.05, 4.69) is 30.0 Å². The second-order valence-corrected chi connectivity index (χ2v) is 8.21. The Bertz CT molecular complexity index is 1450. The molecule has 0 saturated heterocycles. The van der Waals surface area contributed by atoms with Crippen LogP contribution in [0.4, 0.5) is 10.2 Å². The van der Waals surface area contributed by atoms with Crippen LogP contribution in [-0.4, -0.2) is 38.4 Å². The number of ether oxygens (including phenoxy) is 1. The summed E-state index contributed by atoms with van der Waals surface area (Å²) in [5.74, 6) is 0.958. The van der Waals surface area contributed by atoms with Crippen LogP contribution in [0.25, 0.3) is 33.4 Å². The molecule has 8 heteroatoms. The maximum atomic E-state index is 14.1. The van der Waals surface area contributed by atoms with Gasteiger partial charge in [-0.05, 0) is 32.0 Å². The molecule has 0 aliphatic carbocycles. The van der Waals surface area contributed by atoms with E-state index in [4.69, 9.17) is 4.74 Å². The van der Waals surface area contributed by atoms with E-state index in [1.165, 1.54) is 6.07 Å². The summed E-state index contributed by atoms with van der Waals surface area (Å²) < 4.78 is 21.5. The Labute approximate surface area is 196 Å². The molecule has 34 heavy (non-hydrogen) atoms. The van der Waals surface area contributed by atoms with Crippen molar-refractivity contribution in [3.05, 3.63) is 78.1 Å². The highest BCUT2D eigenvalue weighted by atomic mass is 19.1. The molecule has 7 nitrogen and oxygen atoms in total. The minimum absolute atomic E-state index is 0.314. The second-order valence-electron chi connectivity index (χ2n) is 8.21. The van der Waals surface area contributed by atoms with Gasteiger partial charge in [-0.1, -0.05) is 24.3 Å². The monoisotopic (exact) mass is 456 g/mol. The molecule has 172 valence electrons. The van der Waals surface area contributed by atoms with Crippen LogP contribution in [0.1, 0.15) is 11.4 Å². The van der Waals surface area contributed by atoms with Crippen LogP contribution in [0.2, 0.25) is 0 Å². The molecule has 2 N–H and O–H groups in total. The first-order valence-corrected chi connectivity index (χ1v) is 11.0. The van der Waals surface area contributed by atoms with Gasteiger partial charge in [-0.2, -0.15) is 5.10 Å². The highest BCUT2D eigenvalue weighted by Gasteiger charge is 2.12. The van der Waals surface area contributed by atoms with Crippen molar-refractivity contribution in [1.29, 1.82) is 0 Å². The molecular formula is C26H25FN6O. The largest absolute Gasteiger partial charge is 0.496 e. The molecule has 0 radical (unpaired) electrons. The number of aryl methyl sites for hydroxylation is 2. The first-order chi connectivity index (χ1) is 16.5. The summed E-state index contributed by atoms with van der Waals surface area (Å²) in [4.78, 5) is 8.78. The van der Waals surface area contributed by atoms with Crippen molar-refractivity contribution < 1.29 is 9.13 Å². The quantitative estimate of drug-likeness (QED) is 0.344. The maximum Gasteiger partial charge on any atom is 0.131 e. The van der Waals surface area contributed by atoms with Gasteiger partial charge in [-0.3, -0.25) is 5.10 Å². The van der Waals surface area contributed by atoms with E-state index in [0.717, 1.165) is 50.6 Å². The van der Waals surface area contributed by atoms with Gasteiger partial charge in [-0.15, -0.1) is 0 Å². The van der Waals surface area contributed by atoms with Crippen molar-refractivity contribution in [2.24, 2.45) is 0 Å². The lowest BCUT2D eigenvalue weighted by Crippen LogP contribution is -2.12. The topological polar surface area (TPSA) is 80.6 Å². The second kappa shape index (κ2) is 8.97. The highest BCUT2D eigenvalue weighted by molar-refractivity contribution is 5.87. The number of halogens is 1. The van der Waals surface area contributed by atoms with Gasteiger partial charge in [0.05, 0.1) is 24.0 Å². The van der Waals surface area contributed by atoms with E-state index in [1.807, 2.05) is 56.3 Å². The fourth-order valence-electron chi connectivity index (χ4n) is 4.18. The molecule has 3 heterocycles. The number of rotatable bonds is 7. The Kier molecular flexibility index (Phi) is 5.71. The van der Waals surface area contributed by atoms with Crippen LogP contribution >= 0.6 is 0 Å². The fraction of sp³-hybridized carbons (Fsp3) is 0.192. The predicted molar refractivity (Wildman–Crippen MR) is 131 cm³/mol. The first kappa shape index (κ1) is 21.6.